The van der Waals surface area contributed by atoms with Crippen LogP contribution in [0.3, 0.4) is 0 Å². The topological polar surface area (TPSA) is 92.2 Å². The van der Waals surface area contributed by atoms with Gasteiger partial charge in [0, 0.05) is 11.6 Å². The van der Waals surface area contributed by atoms with E-state index in [2.05, 4.69) is 15.3 Å². The van der Waals surface area contributed by atoms with Gasteiger partial charge in [-0.15, -0.1) is 0 Å². The van der Waals surface area contributed by atoms with Crippen molar-refractivity contribution < 1.29 is 13.5 Å². The molecule has 0 atom stereocenters. The number of rotatable bonds is 6. The van der Waals surface area contributed by atoms with Gasteiger partial charge in [-0.25, -0.2) is 18.4 Å². The third-order valence-corrected chi connectivity index (χ3v) is 6.27. The van der Waals surface area contributed by atoms with Crippen LogP contribution in [0, 0.1) is 6.92 Å². The number of hydrogen-bond acceptors (Lipinski definition) is 6. The Morgan fingerprint density at radius 1 is 0.903 bits per heavy atom. The highest BCUT2D eigenvalue weighted by Gasteiger charge is 2.16. The minimum atomic E-state index is -3.59. The fourth-order valence-electron chi connectivity index (χ4n) is 3.06. The lowest BCUT2D eigenvalue weighted by atomic mass is 10.1. The van der Waals surface area contributed by atoms with Crippen molar-refractivity contribution in [3.05, 3.63) is 95.7 Å². The van der Waals surface area contributed by atoms with Crippen LogP contribution in [-0.2, 0) is 9.84 Å². The van der Waals surface area contributed by atoms with E-state index in [4.69, 9.17) is 0 Å². The molecule has 0 amide bonds. The molecule has 0 aliphatic carbocycles. The SMILES string of the molecule is Cc1ccc(S(=O)(=O)CNc2nc3ccccc3nc2C=C(O)c2ccccc2)cc1. The molecule has 4 aromatic rings. The van der Waals surface area contributed by atoms with Gasteiger partial charge < -0.3 is 10.4 Å². The monoisotopic (exact) mass is 431 g/mol. The average molecular weight is 432 g/mol. The van der Waals surface area contributed by atoms with Gasteiger partial charge in [-0.3, -0.25) is 0 Å². The number of sulfone groups is 1. The Bertz CT molecular complexity index is 1350. The molecule has 6 nitrogen and oxygen atoms in total. The number of benzene rings is 3. The van der Waals surface area contributed by atoms with Crippen molar-refractivity contribution in [1.29, 1.82) is 0 Å². The van der Waals surface area contributed by atoms with E-state index in [-0.39, 0.29) is 22.3 Å². The zero-order chi connectivity index (χ0) is 21.8. The highest BCUT2D eigenvalue weighted by atomic mass is 32.2. The van der Waals surface area contributed by atoms with Gasteiger partial charge in [-0.1, -0.05) is 60.2 Å². The van der Waals surface area contributed by atoms with Crippen molar-refractivity contribution in [3.8, 4) is 0 Å². The highest BCUT2D eigenvalue weighted by Crippen LogP contribution is 2.23. The fourth-order valence-corrected chi connectivity index (χ4v) is 4.10. The first-order chi connectivity index (χ1) is 14.9. The molecule has 0 saturated heterocycles. The summed E-state index contributed by atoms with van der Waals surface area (Å²) in [5.41, 5.74) is 3.21. The first kappa shape index (κ1) is 20.6. The predicted octanol–water partition coefficient (Wildman–Crippen LogP) is 4.84. The number of fused-ring (bicyclic) bond motifs is 1. The summed E-state index contributed by atoms with van der Waals surface area (Å²) in [7, 11) is -3.59. The van der Waals surface area contributed by atoms with E-state index >= 15 is 0 Å². The molecule has 0 radical (unpaired) electrons. The smallest absolute Gasteiger partial charge is 0.196 e. The van der Waals surface area contributed by atoms with Crippen LogP contribution in [0.5, 0.6) is 0 Å². The van der Waals surface area contributed by atoms with Crippen molar-refractivity contribution in [1.82, 2.24) is 9.97 Å². The van der Waals surface area contributed by atoms with Crippen LogP contribution in [0.1, 0.15) is 16.8 Å². The molecule has 0 fully saturated rings. The third-order valence-electron chi connectivity index (χ3n) is 4.75. The minimum Gasteiger partial charge on any atom is -0.507 e. The van der Waals surface area contributed by atoms with Crippen LogP contribution < -0.4 is 5.32 Å². The van der Waals surface area contributed by atoms with Crippen molar-refractivity contribution in [3.63, 3.8) is 0 Å². The standard InChI is InChI=1S/C24H21N3O3S/c1-17-11-13-19(14-12-17)31(29,30)16-25-24-22(15-23(28)18-7-3-2-4-8-18)26-20-9-5-6-10-21(20)27-24/h2-15,28H,16H2,1H3,(H,25,27). The molecule has 2 N–H and O–H groups in total. The molecule has 31 heavy (non-hydrogen) atoms. The van der Waals surface area contributed by atoms with Crippen molar-refractivity contribution >= 4 is 38.5 Å². The Kier molecular flexibility index (Phi) is 5.68. The average Bonchev–Trinajstić information content (AvgIpc) is 2.78. The van der Waals surface area contributed by atoms with E-state index in [1.165, 1.54) is 6.08 Å². The van der Waals surface area contributed by atoms with E-state index in [9.17, 15) is 13.5 Å². The summed E-state index contributed by atoms with van der Waals surface area (Å²) in [4.78, 5) is 9.33. The number of hydrogen-bond donors (Lipinski definition) is 2. The second-order valence-corrected chi connectivity index (χ2v) is 9.08. The van der Waals surface area contributed by atoms with E-state index in [0.717, 1.165) is 5.56 Å². The highest BCUT2D eigenvalue weighted by molar-refractivity contribution is 7.91. The normalized spacial score (nSPS) is 12.1. The summed E-state index contributed by atoms with van der Waals surface area (Å²) >= 11 is 0. The number of anilines is 1. The zero-order valence-corrected chi connectivity index (χ0v) is 17.7. The second-order valence-electron chi connectivity index (χ2n) is 7.09. The first-order valence-electron chi connectivity index (χ1n) is 9.68. The van der Waals surface area contributed by atoms with Crippen LogP contribution in [-0.4, -0.2) is 29.4 Å². The number of aryl methyl sites for hydroxylation is 1. The summed E-state index contributed by atoms with van der Waals surface area (Å²) in [6.45, 7) is 1.90. The molecule has 1 aromatic heterocycles. The van der Waals surface area contributed by atoms with E-state index < -0.39 is 9.84 Å². The molecule has 4 rings (SSSR count). The van der Waals surface area contributed by atoms with Gasteiger partial charge in [0.2, 0.25) is 0 Å². The van der Waals surface area contributed by atoms with Gasteiger partial charge in [-0.2, -0.15) is 0 Å². The third kappa shape index (κ3) is 4.73. The molecule has 0 saturated carbocycles. The summed E-state index contributed by atoms with van der Waals surface area (Å²) in [6.07, 6.45) is 1.48. The lowest BCUT2D eigenvalue weighted by Gasteiger charge is -2.11. The first-order valence-corrected chi connectivity index (χ1v) is 11.3. The number of aliphatic hydroxyl groups excluding tert-OH is 1. The summed E-state index contributed by atoms with van der Waals surface area (Å²) in [5, 5.41) is 13.4. The Balaban J connectivity index is 1.70. The maximum atomic E-state index is 12.8. The maximum absolute atomic E-state index is 12.8. The second kappa shape index (κ2) is 8.57. The van der Waals surface area contributed by atoms with Gasteiger partial charge in [0.1, 0.15) is 17.3 Å². The van der Waals surface area contributed by atoms with Gasteiger partial charge >= 0.3 is 0 Å². The molecule has 3 aromatic carbocycles. The van der Waals surface area contributed by atoms with Crippen LogP contribution in [0.25, 0.3) is 22.9 Å². The van der Waals surface area contributed by atoms with E-state index in [1.807, 2.05) is 43.3 Å². The predicted molar refractivity (Wildman–Crippen MR) is 123 cm³/mol. The Hall–Kier alpha value is -3.71. The molecule has 0 bridgehead atoms. The summed E-state index contributed by atoms with van der Waals surface area (Å²) < 4.78 is 25.5. The number of nitrogens with zero attached hydrogens (tertiary/aromatic N) is 2. The Morgan fingerprint density at radius 2 is 1.52 bits per heavy atom. The van der Waals surface area contributed by atoms with Crippen LogP contribution in [0.15, 0.2) is 83.8 Å². The Morgan fingerprint density at radius 3 is 2.19 bits per heavy atom. The quantitative estimate of drug-likeness (QED) is 0.425. The number of para-hydroxylation sites is 2. The molecule has 0 spiro atoms. The molecule has 0 unspecified atom stereocenters. The van der Waals surface area contributed by atoms with Crippen molar-refractivity contribution in [2.75, 3.05) is 11.2 Å². The van der Waals surface area contributed by atoms with E-state index in [1.54, 1.807) is 42.5 Å². The lowest BCUT2D eigenvalue weighted by Crippen LogP contribution is -2.16. The van der Waals surface area contributed by atoms with Gasteiger partial charge in [-0.05, 0) is 31.2 Å². The van der Waals surface area contributed by atoms with Crippen LogP contribution in [0.4, 0.5) is 5.82 Å². The zero-order valence-electron chi connectivity index (χ0n) is 16.9. The van der Waals surface area contributed by atoms with Crippen molar-refractivity contribution in [2.45, 2.75) is 11.8 Å². The molecular formula is C24H21N3O3S. The van der Waals surface area contributed by atoms with E-state index in [0.29, 0.717) is 22.3 Å². The minimum absolute atomic E-state index is 0.00891. The fraction of sp³-hybridized carbons (Fsp3) is 0.0833. The van der Waals surface area contributed by atoms with Gasteiger partial charge in [0.15, 0.2) is 15.7 Å². The number of nitrogens with one attached hydrogen (secondary N) is 1. The summed E-state index contributed by atoms with van der Waals surface area (Å²) in [5.74, 6) is -0.0674. The van der Waals surface area contributed by atoms with Crippen molar-refractivity contribution in [2.24, 2.45) is 0 Å². The number of aliphatic hydroxyl groups is 1. The van der Waals surface area contributed by atoms with Crippen LogP contribution in [0.2, 0.25) is 0 Å². The molecule has 1 heterocycles. The van der Waals surface area contributed by atoms with Gasteiger partial charge in [0.05, 0.1) is 15.9 Å². The lowest BCUT2D eigenvalue weighted by molar-refractivity contribution is 0.515. The number of aromatic nitrogens is 2. The maximum Gasteiger partial charge on any atom is 0.196 e. The molecule has 7 heteroatoms. The molecule has 0 aliphatic rings. The Labute approximate surface area is 180 Å². The molecular weight excluding hydrogens is 410 g/mol. The van der Waals surface area contributed by atoms with Crippen LogP contribution >= 0.6 is 0 Å². The molecule has 0 aliphatic heterocycles. The van der Waals surface area contributed by atoms with Gasteiger partial charge in [0.25, 0.3) is 0 Å². The largest absolute Gasteiger partial charge is 0.507 e. The molecule has 156 valence electrons. The summed E-state index contributed by atoms with van der Waals surface area (Å²) in [6, 6.07) is 23.0.